The molecular formula is C12H14ClNO5. The van der Waals surface area contributed by atoms with Crippen LogP contribution in [0.15, 0.2) is 12.1 Å². The Labute approximate surface area is 115 Å². The number of primary amides is 1. The fraction of sp³-hybridized carbons (Fsp3) is 0.333. The average molecular weight is 288 g/mol. The lowest BCUT2D eigenvalue weighted by Gasteiger charge is -2.18. The van der Waals surface area contributed by atoms with E-state index in [4.69, 9.17) is 31.9 Å². The second kappa shape index (κ2) is 6.29. The molecule has 0 saturated carbocycles. The van der Waals surface area contributed by atoms with E-state index in [0.29, 0.717) is 6.42 Å². The van der Waals surface area contributed by atoms with Crippen molar-refractivity contribution in [3.8, 4) is 11.5 Å². The van der Waals surface area contributed by atoms with Crippen molar-refractivity contribution in [3.63, 3.8) is 0 Å². The molecule has 19 heavy (non-hydrogen) atoms. The van der Waals surface area contributed by atoms with Crippen LogP contribution in [0.5, 0.6) is 11.5 Å². The van der Waals surface area contributed by atoms with Crippen molar-refractivity contribution < 1.29 is 24.2 Å². The van der Waals surface area contributed by atoms with Crippen molar-refractivity contribution in [2.24, 2.45) is 5.73 Å². The third-order valence-corrected chi connectivity index (χ3v) is 2.64. The highest BCUT2D eigenvalue weighted by atomic mass is 35.5. The minimum atomic E-state index is -1.24. The zero-order chi connectivity index (χ0) is 14.6. The van der Waals surface area contributed by atoms with E-state index in [0.717, 1.165) is 0 Å². The molecule has 1 aromatic rings. The maximum Gasteiger partial charge on any atom is 0.339 e. The SMILES string of the molecule is CCC(Oc1c(OC)cc(Cl)cc1C(=O)O)C(N)=O. The predicted octanol–water partition coefficient (Wildman–Crippen LogP) is 1.69. The molecule has 1 unspecified atom stereocenters. The summed E-state index contributed by atoms with van der Waals surface area (Å²) >= 11 is 5.79. The molecular weight excluding hydrogens is 274 g/mol. The summed E-state index contributed by atoms with van der Waals surface area (Å²) in [5.74, 6) is -1.86. The number of hydrogen-bond acceptors (Lipinski definition) is 4. The fourth-order valence-corrected chi connectivity index (χ4v) is 1.69. The summed E-state index contributed by atoms with van der Waals surface area (Å²) in [5.41, 5.74) is 4.97. The zero-order valence-corrected chi connectivity index (χ0v) is 11.2. The number of hydrogen-bond donors (Lipinski definition) is 2. The Hall–Kier alpha value is -1.95. The number of halogens is 1. The first-order chi connectivity index (χ1) is 8.90. The number of carbonyl (C=O) groups is 2. The van der Waals surface area contributed by atoms with Gasteiger partial charge < -0.3 is 20.3 Å². The molecule has 1 amide bonds. The van der Waals surface area contributed by atoms with Gasteiger partial charge in [-0.25, -0.2) is 4.79 Å². The highest BCUT2D eigenvalue weighted by Gasteiger charge is 2.23. The molecule has 0 spiro atoms. The largest absolute Gasteiger partial charge is 0.493 e. The Morgan fingerprint density at radius 2 is 2.11 bits per heavy atom. The number of ether oxygens (including phenoxy) is 2. The van der Waals surface area contributed by atoms with Crippen LogP contribution in [0.4, 0.5) is 0 Å². The Morgan fingerprint density at radius 3 is 2.53 bits per heavy atom. The van der Waals surface area contributed by atoms with Gasteiger partial charge in [-0.05, 0) is 12.5 Å². The lowest BCUT2D eigenvalue weighted by molar-refractivity contribution is -0.124. The van der Waals surface area contributed by atoms with Crippen molar-refractivity contribution in [2.45, 2.75) is 19.4 Å². The van der Waals surface area contributed by atoms with E-state index in [9.17, 15) is 9.59 Å². The number of benzene rings is 1. The van der Waals surface area contributed by atoms with Gasteiger partial charge >= 0.3 is 5.97 Å². The molecule has 0 heterocycles. The van der Waals surface area contributed by atoms with Crippen LogP contribution in [-0.2, 0) is 4.79 Å². The van der Waals surface area contributed by atoms with Gasteiger partial charge in [-0.3, -0.25) is 4.79 Å². The van der Waals surface area contributed by atoms with E-state index in [2.05, 4.69) is 0 Å². The lowest BCUT2D eigenvalue weighted by atomic mass is 10.1. The molecule has 0 fully saturated rings. The minimum Gasteiger partial charge on any atom is -0.493 e. The van der Waals surface area contributed by atoms with Gasteiger partial charge in [-0.2, -0.15) is 0 Å². The van der Waals surface area contributed by atoms with Crippen molar-refractivity contribution in [2.75, 3.05) is 7.11 Å². The number of carboxylic acid groups (broad SMARTS) is 1. The van der Waals surface area contributed by atoms with Crippen LogP contribution in [0.25, 0.3) is 0 Å². The molecule has 6 nitrogen and oxygen atoms in total. The molecule has 1 atom stereocenters. The highest BCUT2D eigenvalue weighted by Crippen LogP contribution is 2.35. The van der Waals surface area contributed by atoms with Gasteiger partial charge in [0.05, 0.1) is 7.11 Å². The summed E-state index contributed by atoms with van der Waals surface area (Å²) in [7, 11) is 1.34. The number of methoxy groups -OCH3 is 1. The Bertz CT molecular complexity index is 503. The van der Waals surface area contributed by atoms with Gasteiger partial charge in [0.25, 0.3) is 5.91 Å². The van der Waals surface area contributed by atoms with E-state index in [1.807, 2.05) is 0 Å². The van der Waals surface area contributed by atoms with Gasteiger partial charge in [-0.15, -0.1) is 0 Å². The Balaban J connectivity index is 3.30. The first-order valence-corrected chi connectivity index (χ1v) is 5.85. The quantitative estimate of drug-likeness (QED) is 0.829. The number of rotatable bonds is 6. The molecule has 0 radical (unpaired) electrons. The molecule has 0 bridgehead atoms. The first-order valence-electron chi connectivity index (χ1n) is 5.47. The topological polar surface area (TPSA) is 98.8 Å². The maximum absolute atomic E-state index is 11.2. The molecule has 0 saturated heterocycles. The summed E-state index contributed by atoms with van der Waals surface area (Å²) in [5, 5.41) is 9.31. The van der Waals surface area contributed by atoms with Crippen LogP contribution in [0.1, 0.15) is 23.7 Å². The maximum atomic E-state index is 11.2. The molecule has 0 aliphatic rings. The number of nitrogens with two attached hydrogens (primary N) is 1. The van der Waals surface area contributed by atoms with Crippen LogP contribution in [0.2, 0.25) is 5.02 Å². The number of aromatic carboxylic acids is 1. The van der Waals surface area contributed by atoms with E-state index in [1.165, 1.54) is 19.2 Å². The van der Waals surface area contributed by atoms with Crippen LogP contribution in [0, 0.1) is 0 Å². The summed E-state index contributed by atoms with van der Waals surface area (Å²) in [6.07, 6.45) is -0.631. The highest BCUT2D eigenvalue weighted by molar-refractivity contribution is 6.31. The van der Waals surface area contributed by atoms with E-state index in [1.54, 1.807) is 6.92 Å². The summed E-state index contributed by atoms with van der Waals surface area (Å²) in [6, 6.07) is 2.62. The van der Waals surface area contributed by atoms with Gasteiger partial charge in [0.15, 0.2) is 17.6 Å². The van der Waals surface area contributed by atoms with Crippen molar-refractivity contribution in [1.29, 1.82) is 0 Å². The van der Waals surface area contributed by atoms with Gasteiger partial charge in [0.2, 0.25) is 0 Å². The first kappa shape index (κ1) is 15.1. The number of amides is 1. The van der Waals surface area contributed by atoms with E-state index < -0.39 is 18.0 Å². The van der Waals surface area contributed by atoms with Gasteiger partial charge in [0, 0.05) is 11.1 Å². The minimum absolute atomic E-state index is 0.0648. The second-order valence-corrected chi connectivity index (χ2v) is 4.14. The van der Waals surface area contributed by atoms with E-state index >= 15 is 0 Å². The van der Waals surface area contributed by atoms with E-state index in [-0.39, 0.29) is 22.1 Å². The number of carbonyl (C=O) groups excluding carboxylic acids is 1. The zero-order valence-electron chi connectivity index (χ0n) is 10.5. The van der Waals surface area contributed by atoms with Crippen LogP contribution in [-0.4, -0.2) is 30.2 Å². The average Bonchev–Trinajstić information content (AvgIpc) is 2.35. The Kier molecular flexibility index (Phi) is 5.00. The monoisotopic (exact) mass is 287 g/mol. The molecule has 0 aromatic heterocycles. The molecule has 104 valence electrons. The normalized spacial score (nSPS) is 11.7. The molecule has 3 N–H and O–H groups in total. The van der Waals surface area contributed by atoms with Gasteiger partial charge in [-0.1, -0.05) is 18.5 Å². The lowest BCUT2D eigenvalue weighted by Crippen LogP contribution is -2.33. The molecule has 1 aromatic carbocycles. The fourth-order valence-electron chi connectivity index (χ4n) is 1.49. The van der Waals surface area contributed by atoms with Gasteiger partial charge in [0.1, 0.15) is 5.56 Å². The molecule has 7 heteroatoms. The standard InChI is InChI=1S/C12H14ClNO5/c1-3-8(11(14)15)19-10-7(12(16)17)4-6(13)5-9(10)18-2/h4-5,8H,3H2,1-2H3,(H2,14,15)(H,16,17). The molecule has 0 aliphatic heterocycles. The smallest absolute Gasteiger partial charge is 0.339 e. The molecule has 0 aliphatic carbocycles. The Morgan fingerprint density at radius 1 is 1.47 bits per heavy atom. The van der Waals surface area contributed by atoms with Crippen molar-refractivity contribution in [3.05, 3.63) is 22.7 Å². The van der Waals surface area contributed by atoms with Crippen molar-refractivity contribution >= 4 is 23.5 Å². The summed E-state index contributed by atoms with van der Waals surface area (Å²) in [4.78, 5) is 22.3. The summed E-state index contributed by atoms with van der Waals surface area (Å²) in [6.45, 7) is 1.69. The second-order valence-electron chi connectivity index (χ2n) is 3.71. The van der Waals surface area contributed by atoms with Crippen molar-refractivity contribution in [1.82, 2.24) is 0 Å². The van der Waals surface area contributed by atoms with Crippen LogP contribution in [0.3, 0.4) is 0 Å². The van der Waals surface area contributed by atoms with Crippen LogP contribution >= 0.6 is 11.6 Å². The predicted molar refractivity (Wildman–Crippen MR) is 68.9 cm³/mol. The number of carboxylic acids is 1. The van der Waals surface area contributed by atoms with Crippen LogP contribution < -0.4 is 15.2 Å². The molecule has 1 rings (SSSR count). The summed E-state index contributed by atoms with van der Waals surface area (Å²) < 4.78 is 10.4. The third kappa shape index (κ3) is 3.51. The third-order valence-electron chi connectivity index (χ3n) is 2.42.